The summed E-state index contributed by atoms with van der Waals surface area (Å²) in [5, 5.41) is 15.6. The molecule has 11 heteroatoms. The largest absolute Gasteiger partial charge is 0.394 e. The van der Waals surface area contributed by atoms with Crippen molar-refractivity contribution in [2.75, 3.05) is 35.2 Å². The van der Waals surface area contributed by atoms with Gasteiger partial charge in [0.05, 0.1) is 23.2 Å². The Morgan fingerprint density at radius 3 is 2.44 bits per heavy atom. The minimum absolute atomic E-state index is 0.0574. The van der Waals surface area contributed by atoms with Crippen molar-refractivity contribution in [2.24, 2.45) is 5.41 Å². The molecule has 36 heavy (non-hydrogen) atoms. The van der Waals surface area contributed by atoms with E-state index in [0.717, 1.165) is 13.1 Å². The van der Waals surface area contributed by atoms with Gasteiger partial charge in [0.15, 0.2) is 11.5 Å². The average molecular weight is 517 g/mol. The molecule has 2 aromatic rings. The number of aliphatic hydroxyl groups excluding tert-OH is 1. The van der Waals surface area contributed by atoms with Crippen LogP contribution in [0.25, 0.3) is 0 Å². The summed E-state index contributed by atoms with van der Waals surface area (Å²) < 4.78 is 28.1. The molecule has 2 fully saturated rings. The lowest BCUT2D eigenvalue weighted by Crippen LogP contribution is -2.60. The second kappa shape index (κ2) is 9.28. The van der Waals surface area contributed by atoms with E-state index >= 15 is 0 Å². The third kappa shape index (κ3) is 5.79. The van der Waals surface area contributed by atoms with Crippen LogP contribution in [0.3, 0.4) is 0 Å². The van der Waals surface area contributed by atoms with Gasteiger partial charge in [0.25, 0.3) is 5.91 Å². The minimum Gasteiger partial charge on any atom is -0.394 e. The van der Waals surface area contributed by atoms with Crippen molar-refractivity contribution >= 4 is 33.3 Å². The van der Waals surface area contributed by atoms with Crippen molar-refractivity contribution in [2.45, 2.75) is 69.9 Å². The molecule has 1 aromatic carbocycles. The molecule has 1 saturated heterocycles. The first-order valence-electron chi connectivity index (χ1n) is 12.2. The zero-order chi connectivity index (χ0) is 26.4. The number of sulfonamides is 1. The number of amides is 1. The van der Waals surface area contributed by atoms with Gasteiger partial charge in [0.2, 0.25) is 10.0 Å². The predicted octanol–water partition coefficient (Wildman–Crippen LogP) is 2.98. The van der Waals surface area contributed by atoms with E-state index in [1.54, 1.807) is 32.9 Å². The molecule has 0 bridgehead atoms. The molecule has 1 aromatic heterocycles. The molecule has 1 aliphatic heterocycles. The third-order valence-electron chi connectivity index (χ3n) is 6.44. The highest BCUT2D eigenvalue weighted by molar-refractivity contribution is 7.89. The van der Waals surface area contributed by atoms with Crippen LogP contribution in [0.1, 0.15) is 64.4 Å². The van der Waals surface area contributed by atoms with E-state index in [0.29, 0.717) is 22.7 Å². The number of benzene rings is 1. The number of carbonyl (C=O) groups excluding carboxylic acids is 1. The van der Waals surface area contributed by atoms with Crippen molar-refractivity contribution in [1.29, 1.82) is 0 Å². The van der Waals surface area contributed by atoms with Gasteiger partial charge in [0, 0.05) is 29.7 Å². The first-order chi connectivity index (χ1) is 16.7. The van der Waals surface area contributed by atoms with Crippen LogP contribution in [-0.4, -0.2) is 60.2 Å². The molecule has 1 amide bonds. The summed E-state index contributed by atoms with van der Waals surface area (Å²) >= 11 is 0. The number of nitrogens with zero attached hydrogens (tertiary/aromatic N) is 3. The van der Waals surface area contributed by atoms with Gasteiger partial charge < -0.3 is 20.6 Å². The number of carbonyl (C=O) groups is 1. The quantitative estimate of drug-likeness (QED) is 0.420. The number of hydrogen-bond donors (Lipinski definition) is 4. The smallest absolute Gasteiger partial charge is 0.278 e. The molecule has 196 valence electrons. The van der Waals surface area contributed by atoms with Crippen LogP contribution < -0.4 is 20.3 Å². The molecule has 0 unspecified atom stereocenters. The van der Waals surface area contributed by atoms with Crippen LogP contribution in [0.4, 0.5) is 17.3 Å². The Morgan fingerprint density at radius 2 is 1.86 bits per heavy atom. The van der Waals surface area contributed by atoms with E-state index in [9.17, 15) is 18.3 Å². The van der Waals surface area contributed by atoms with Gasteiger partial charge in [-0.15, -0.1) is 0 Å². The lowest BCUT2D eigenvalue weighted by Gasteiger charge is -2.56. The molecule has 2 heterocycles. The Bertz CT molecular complexity index is 1240. The fourth-order valence-electron chi connectivity index (χ4n) is 4.51. The summed E-state index contributed by atoms with van der Waals surface area (Å²) in [6, 6.07) is 6.12. The molecule has 2 aliphatic rings. The van der Waals surface area contributed by atoms with Gasteiger partial charge in [-0.05, 0) is 65.7 Å². The van der Waals surface area contributed by atoms with Gasteiger partial charge in [-0.2, -0.15) is 0 Å². The second-order valence-electron chi connectivity index (χ2n) is 11.6. The number of hydrogen-bond acceptors (Lipinski definition) is 8. The lowest BCUT2D eigenvalue weighted by atomic mass is 9.63. The Kier molecular flexibility index (Phi) is 6.78. The normalized spacial score (nSPS) is 17.3. The summed E-state index contributed by atoms with van der Waals surface area (Å²) in [6.07, 6.45) is 5.06. The molecule has 4 N–H and O–H groups in total. The van der Waals surface area contributed by atoms with E-state index < -0.39 is 27.0 Å². The number of aliphatic hydroxyl groups is 1. The van der Waals surface area contributed by atoms with E-state index in [1.807, 2.05) is 13.8 Å². The summed E-state index contributed by atoms with van der Waals surface area (Å²) in [4.78, 5) is 24.5. The summed E-state index contributed by atoms with van der Waals surface area (Å²) in [7, 11) is -3.76. The van der Waals surface area contributed by atoms with E-state index in [4.69, 9.17) is 0 Å². The monoisotopic (exact) mass is 516 g/mol. The zero-order valence-electron chi connectivity index (χ0n) is 21.6. The van der Waals surface area contributed by atoms with Gasteiger partial charge in [-0.1, -0.05) is 12.5 Å². The SMILES string of the molecule is CC(C)(C)NS(=O)(=O)c1cccc(NC(=O)c2ncc(NC(C)(C)CO)nc2N2CC3(CCC3)C2)c1. The van der Waals surface area contributed by atoms with Gasteiger partial charge in [-0.25, -0.2) is 23.1 Å². The second-order valence-corrected chi connectivity index (χ2v) is 13.3. The highest BCUT2D eigenvalue weighted by atomic mass is 32.2. The zero-order valence-corrected chi connectivity index (χ0v) is 22.4. The summed E-state index contributed by atoms with van der Waals surface area (Å²) in [6.45, 7) is 10.5. The molecule has 0 atom stereocenters. The fourth-order valence-corrected chi connectivity index (χ4v) is 5.97. The minimum atomic E-state index is -3.76. The predicted molar refractivity (Wildman–Crippen MR) is 140 cm³/mol. The standard InChI is InChI=1S/C25H36N6O4S/c1-23(2,3)30-36(34,35)18-9-6-8-17(12-18)27-22(33)20-21(31-14-25(15-31)10-7-11-25)28-19(13-26-20)29-24(4,5)16-32/h6,8-9,12-13,30,32H,7,10-11,14-16H2,1-5H3,(H,27,33)(H,28,29). The van der Waals surface area contributed by atoms with Crippen LogP contribution in [0.5, 0.6) is 0 Å². The van der Waals surface area contributed by atoms with E-state index in [2.05, 4.69) is 30.2 Å². The van der Waals surface area contributed by atoms with Crippen molar-refractivity contribution < 1.29 is 18.3 Å². The number of nitrogens with one attached hydrogen (secondary N) is 3. The molecule has 1 saturated carbocycles. The van der Waals surface area contributed by atoms with Gasteiger partial charge in [0.1, 0.15) is 5.82 Å². The number of rotatable bonds is 8. The molecule has 0 radical (unpaired) electrons. The van der Waals surface area contributed by atoms with E-state index in [-0.39, 0.29) is 17.2 Å². The summed E-state index contributed by atoms with van der Waals surface area (Å²) in [5.74, 6) is 0.469. The van der Waals surface area contributed by atoms with Crippen molar-refractivity contribution in [3.8, 4) is 0 Å². The van der Waals surface area contributed by atoms with Crippen LogP contribution in [0.15, 0.2) is 35.4 Å². The molecule has 10 nitrogen and oxygen atoms in total. The van der Waals surface area contributed by atoms with Gasteiger partial charge in [-0.3, -0.25) is 4.79 Å². The Hall–Kier alpha value is -2.76. The van der Waals surface area contributed by atoms with Crippen molar-refractivity contribution in [3.63, 3.8) is 0 Å². The third-order valence-corrected chi connectivity index (χ3v) is 8.20. The lowest BCUT2D eigenvalue weighted by molar-refractivity contribution is 0.0885. The van der Waals surface area contributed by atoms with Crippen LogP contribution in [0.2, 0.25) is 0 Å². The Labute approximate surface area is 213 Å². The maximum Gasteiger partial charge on any atom is 0.278 e. The van der Waals surface area contributed by atoms with Crippen LogP contribution in [-0.2, 0) is 10.0 Å². The molecule has 4 rings (SSSR count). The fraction of sp³-hybridized carbons (Fsp3) is 0.560. The molecule has 1 aliphatic carbocycles. The highest BCUT2D eigenvalue weighted by Crippen LogP contribution is 2.49. The Balaban J connectivity index is 1.59. The molecular formula is C25H36N6O4S. The molecular weight excluding hydrogens is 480 g/mol. The average Bonchev–Trinajstić information content (AvgIpc) is 2.70. The number of aromatic nitrogens is 2. The number of anilines is 3. The summed E-state index contributed by atoms with van der Waals surface area (Å²) in [5.41, 5.74) is -0.429. The first kappa shape index (κ1) is 26.3. The first-order valence-corrected chi connectivity index (χ1v) is 13.7. The van der Waals surface area contributed by atoms with Gasteiger partial charge >= 0.3 is 0 Å². The topological polar surface area (TPSA) is 137 Å². The maximum atomic E-state index is 13.3. The maximum absolute atomic E-state index is 13.3. The van der Waals surface area contributed by atoms with Crippen LogP contribution in [0, 0.1) is 5.41 Å². The van der Waals surface area contributed by atoms with Crippen molar-refractivity contribution in [3.05, 3.63) is 36.2 Å². The van der Waals surface area contributed by atoms with E-state index in [1.165, 1.54) is 37.6 Å². The van der Waals surface area contributed by atoms with Crippen LogP contribution >= 0.6 is 0 Å². The van der Waals surface area contributed by atoms with Crippen molar-refractivity contribution in [1.82, 2.24) is 14.7 Å². The highest BCUT2D eigenvalue weighted by Gasteiger charge is 2.48. The molecule has 1 spiro atoms. The Morgan fingerprint density at radius 1 is 1.17 bits per heavy atom.